The highest BCUT2D eigenvalue weighted by Crippen LogP contribution is 2.36. The molecule has 0 saturated carbocycles. The maximum atomic E-state index is 13.0. The Hall–Kier alpha value is -2.05. The molecule has 1 amide bonds. The molecule has 2 aromatic carbocycles. The minimum Gasteiger partial charge on any atom is -0.325 e. The first-order chi connectivity index (χ1) is 11.8. The molecule has 0 radical (unpaired) electrons. The second kappa shape index (κ2) is 8.36. The molecule has 0 bridgehead atoms. The molecule has 1 N–H and O–H groups in total. The first-order valence-corrected chi connectivity index (χ1v) is 8.02. The van der Waals surface area contributed by atoms with Crippen molar-refractivity contribution in [1.29, 1.82) is 0 Å². The number of nitrogens with zero attached hydrogens (tertiary/aromatic N) is 1. The summed E-state index contributed by atoms with van der Waals surface area (Å²) < 4.78 is 39.1. The van der Waals surface area contributed by atoms with Gasteiger partial charge in [0, 0.05) is 24.5 Å². The van der Waals surface area contributed by atoms with Crippen molar-refractivity contribution in [2.24, 2.45) is 0 Å². The summed E-state index contributed by atoms with van der Waals surface area (Å²) in [5.41, 5.74) is -0.138. The zero-order valence-corrected chi connectivity index (χ0v) is 14.4. The van der Waals surface area contributed by atoms with Crippen LogP contribution in [-0.2, 0) is 17.5 Å². The van der Waals surface area contributed by atoms with Crippen molar-refractivity contribution in [2.75, 3.05) is 18.9 Å². The van der Waals surface area contributed by atoms with Crippen LogP contribution in [0.1, 0.15) is 17.5 Å². The first kappa shape index (κ1) is 19.3. The Labute approximate surface area is 149 Å². The third-order valence-electron chi connectivity index (χ3n) is 3.58. The fraction of sp³-hybridized carbons (Fsp3) is 0.278. The molecule has 0 aliphatic rings. The predicted octanol–water partition coefficient (Wildman–Crippen LogP) is 4.82. The highest BCUT2D eigenvalue weighted by Gasteiger charge is 2.34. The molecule has 0 fully saturated rings. The van der Waals surface area contributed by atoms with E-state index in [0.717, 1.165) is 17.7 Å². The van der Waals surface area contributed by atoms with E-state index < -0.39 is 17.6 Å². The molecule has 134 valence electrons. The van der Waals surface area contributed by atoms with E-state index in [0.29, 0.717) is 13.1 Å². The number of hydrogen-bond donors (Lipinski definition) is 1. The molecular formula is C18H18ClF3N2O. The van der Waals surface area contributed by atoms with E-state index in [9.17, 15) is 18.0 Å². The lowest BCUT2D eigenvalue weighted by atomic mass is 10.1. The largest absolute Gasteiger partial charge is 0.418 e. The zero-order valence-electron chi connectivity index (χ0n) is 13.6. The van der Waals surface area contributed by atoms with Crippen molar-refractivity contribution >= 4 is 23.2 Å². The predicted molar refractivity (Wildman–Crippen MR) is 92.5 cm³/mol. The van der Waals surface area contributed by atoms with Gasteiger partial charge in [-0.05, 0) is 30.8 Å². The van der Waals surface area contributed by atoms with Crippen molar-refractivity contribution < 1.29 is 18.0 Å². The van der Waals surface area contributed by atoms with Crippen molar-refractivity contribution in [3.05, 3.63) is 64.7 Å². The fourth-order valence-corrected chi connectivity index (χ4v) is 2.51. The number of anilines is 1. The molecule has 2 aromatic rings. The second-order valence-corrected chi connectivity index (χ2v) is 6.15. The third-order valence-corrected chi connectivity index (χ3v) is 3.81. The molecule has 0 atom stereocenters. The molecule has 7 heteroatoms. The van der Waals surface area contributed by atoms with Crippen LogP contribution >= 0.6 is 11.6 Å². The second-order valence-electron chi connectivity index (χ2n) is 5.71. The maximum Gasteiger partial charge on any atom is 0.418 e. The van der Waals surface area contributed by atoms with Crippen molar-refractivity contribution in [1.82, 2.24) is 4.90 Å². The molecule has 0 unspecified atom stereocenters. The normalized spacial score (nSPS) is 11.6. The number of hydrogen-bond acceptors (Lipinski definition) is 2. The summed E-state index contributed by atoms with van der Waals surface area (Å²) >= 11 is 5.62. The van der Waals surface area contributed by atoms with Crippen LogP contribution in [0, 0.1) is 0 Å². The van der Waals surface area contributed by atoms with Crippen LogP contribution in [0.5, 0.6) is 0 Å². The van der Waals surface area contributed by atoms with E-state index in [2.05, 4.69) is 5.32 Å². The number of benzene rings is 2. The minimum absolute atomic E-state index is 0.0343. The number of carbonyl (C=O) groups excluding carboxylic acids is 1. The number of rotatable bonds is 6. The Kier molecular flexibility index (Phi) is 6.45. The third kappa shape index (κ3) is 6.07. The summed E-state index contributed by atoms with van der Waals surface area (Å²) in [6.45, 7) is 1.08. The van der Waals surface area contributed by atoms with Crippen LogP contribution < -0.4 is 5.32 Å². The highest BCUT2D eigenvalue weighted by atomic mass is 35.5. The topological polar surface area (TPSA) is 32.3 Å². The van der Waals surface area contributed by atoms with Gasteiger partial charge in [-0.2, -0.15) is 13.2 Å². The first-order valence-electron chi connectivity index (χ1n) is 7.65. The van der Waals surface area contributed by atoms with E-state index in [1.165, 1.54) is 6.07 Å². The average molecular weight is 371 g/mol. The summed E-state index contributed by atoms with van der Waals surface area (Å²) in [6, 6.07) is 13.0. The molecule has 3 nitrogen and oxygen atoms in total. The Morgan fingerprint density at radius 1 is 1.16 bits per heavy atom. The Bertz CT molecular complexity index is 720. The monoisotopic (exact) mass is 370 g/mol. The molecular weight excluding hydrogens is 353 g/mol. The van der Waals surface area contributed by atoms with Crippen molar-refractivity contribution in [3.8, 4) is 0 Å². The van der Waals surface area contributed by atoms with Crippen molar-refractivity contribution in [2.45, 2.75) is 19.1 Å². The summed E-state index contributed by atoms with van der Waals surface area (Å²) in [5, 5.41) is 2.28. The molecule has 0 spiro atoms. The summed E-state index contributed by atoms with van der Waals surface area (Å²) in [4.78, 5) is 13.9. The number of carbonyl (C=O) groups is 1. The Morgan fingerprint density at radius 3 is 2.48 bits per heavy atom. The van der Waals surface area contributed by atoms with E-state index in [1.807, 2.05) is 42.3 Å². The summed E-state index contributed by atoms with van der Waals surface area (Å²) in [5.74, 6) is -0.479. The van der Waals surface area contributed by atoms with E-state index >= 15 is 0 Å². The van der Waals surface area contributed by atoms with Gasteiger partial charge in [-0.25, -0.2) is 0 Å². The smallest absolute Gasteiger partial charge is 0.325 e. The van der Waals surface area contributed by atoms with Crippen LogP contribution in [0.25, 0.3) is 0 Å². The lowest BCUT2D eigenvalue weighted by Crippen LogP contribution is -2.24. The van der Waals surface area contributed by atoms with Crippen LogP contribution in [-0.4, -0.2) is 24.4 Å². The standard InChI is InChI=1S/C18H18ClF3N2O/c1-24(12-13-5-3-2-4-6-13)10-9-17(25)23-16-8-7-14(19)11-15(16)18(20,21)22/h2-8,11H,9-10,12H2,1H3,(H,23,25). The average Bonchev–Trinajstić information content (AvgIpc) is 2.54. The van der Waals surface area contributed by atoms with Crippen LogP contribution in [0.2, 0.25) is 5.02 Å². The Morgan fingerprint density at radius 2 is 1.84 bits per heavy atom. The molecule has 0 saturated heterocycles. The van der Waals surface area contributed by atoms with Crippen LogP contribution in [0.3, 0.4) is 0 Å². The molecule has 0 heterocycles. The number of nitrogens with one attached hydrogen (secondary N) is 1. The molecule has 25 heavy (non-hydrogen) atoms. The van der Waals surface area contributed by atoms with E-state index in [4.69, 9.17) is 11.6 Å². The van der Waals surface area contributed by atoms with Crippen LogP contribution in [0.15, 0.2) is 48.5 Å². The van der Waals surface area contributed by atoms with E-state index in [-0.39, 0.29) is 17.1 Å². The van der Waals surface area contributed by atoms with E-state index in [1.54, 1.807) is 0 Å². The van der Waals surface area contributed by atoms with Gasteiger partial charge in [0.1, 0.15) is 0 Å². The quantitative estimate of drug-likeness (QED) is 0.790. The zero-order chi connectivity index (χ0) is 18.4. The SMILES string of the molecule is CN(CCC(=O)Nc1ccc(Cl)cc1C(F)(F)F)Cc1ccccc1. The fourth-order valence-electron chi connectivity index (χ4n) is 2.34. The van der Waals surface area contributed by atoms with Gasteiger partial charge in [-0.15, -0.1) is 0 Å². The van der Waals surface area contributed by atoms with Gasteiger partial charge >= 0.3 is 6.18 Å². The number of amides is 1. The summed E-state index contributed by atoms with van der Waals surface area (Å²) in [6.07, 6.45) is -4.50. The summed E-state index contributed by atoms with van der Waals surface area (Å²) in [7, 11) is 1.85. The van der Waals surface area contributed by atoms with Gasteiger partial charge in [0.2, 0.25) is 5.91 Å². The minimum atomic E-state index is -4.59. The lowest BCUT2D eigenvalue weighted by Gasteiger charge is -2.17. The molecule has 0 aromatic heterocycles. The molecule has 2 rings (SSSR count). The highest BCUT2D eigenvalue weighted by molar-refractivity contribution is 6.30. The van der Waals surface area contributed by atoms with Gasteiger partial charge in [-0.1, -0.05) is 41.9 Å². The molecule has 0 aliphatic carbocycles. The van der Waals surface area contributed by atoms with Gasteiger partial charge in [0.05, 0.1) is 11.3 Å². The van der Waals surface area contributed by atoms with Gasteiger partial charge in [0.25, 0.3) is 0 Å². The molecule has 0 aliphatic heterocycles. The van der Waals surface area contributed by atoms with Gasteiger partial charge < -0.3 is 10.2 Å². The number of alkyl halides is 3. The van der Waals surface area contributed by atoms with Crippen LogP contribution in [0.4, 0.5) is 18.9 Å². The lowest BCUT2D eigenvalue weighted by molar-refractivity contribution is -0.137. The van der Waals surface area contributed by atoms with Crippen molar-refractivity contribution in [3.63, 3.8) is 0 Å². The number of halogens is 4. The van der Waals surface area contributed by atoms with Gasteiger partial charge in [0.15, 0.2) is 0 Å². The Balaban J connectivity index is 1.92. The van der Waals surface area contributed by atoms with Gasteiger partial charge in [-0.3, -0.25) is 4.79 Å². The maximum absolute atomic E-state index is 13.0.